The van der Waals surface area contributed by atoms with Gasteiger partial charge in [-0.25, -0.2) is 14.4 Å². The molecule has 1 aromatic rings. The largest absolute Gasteiger partial charge is 0.493 e. The number of likely N-dealkylation sites (N-methyl/N-ethyl adjacent to an activating group) is 1. The number of ether oxygens (including phenoxy) is 6. The van der Waals surface area contributed by atoms with Gasteiger partial charge in [-0.05, 0) is 39.6 Å². The predicted octanol–water partition coefficient (Wildman–Crippen LogP) is 1.72. The Balaban J connectivity index is 2.29. The molecular weight excluding hydrogens is 460 g/mol. The number of nitrogens with one attached hydrogen (secondary N) is 1. The van der Waals surface area contributed by atoms with Gasteiger partial charge in [-0.2, -0.15) is 0 Å². The summed E-state index contributed by atoms with van der Waals surface area (Å²) in [5.41, 5.74) is 1.44. The van der Waals surface area contributed by atoms with Crippen molar-refractivity contribution in [2.75, 3.05) is 55.4 Å². The molecule has 35 heavy (non-hydrogen) atoms. The van der Waals surface area contributed by atoms with Gasteiger partial charge in [0.25, 0.3) is 0 Å². The average molecular weight is 491 g/mol. The van der Waals surface area contributed by atoms with Crippen molar-refractivity contribution in [3.8, 4) is 17.2 Å². The summed E-state index contributed by atoms with van der Waals surface area (Å²) in [6.07, 6.45) is 0. The van der Waals surface area contributed by atoms with Crippen LogP contribution in [0, 0.1) is 0 Å². The van der Waals surface area contributed by atoms with Gasteiger partial charge < -0.3 is 38.6 Å². The third-order valence-corrected chi connectivity index (χ3v) is 5.72. The van der Waals surface area contributed by atoms with Crippen molar-refractivity contribution in [3.05, 3.63) is 39.7 Å². The van der Waals surface area contributed by atoms with Crippen LogP contribution in [0.3, 0.4) is 0 Å². The van der Waals surface area contributed by atoms with Crippen LogP contribution in [-0.4, -0.2) is 78.2 Å². The first-order chi connectivity index (χ1) is 16.7. The summed E-state index contributed by atoms with van der Waals surface area (Å²) in [6.45, 7) is 3.85. The SMILES string of the molecule is COC(=O)C1=C(C)NC(C)=C(C(=O)OCCN(C)C)C1c1cc(OC)c2c(c1C(=O)OC)OCO2. The number of fused-ring (bicyclic) bond motifs is 1. The van der Waals surface area contributed by atoms with E-state index >= 15 is 0 Å². The molecule has 0 fully saturated rings. The number of hydrogen-bond donors (Lipinski definition) is 1. The first-order valence-electron chi connectivity index (χ1n) is 10.8. The molecule has 2 aliphatic heterocycles. The van der Waals surface area contributed by atoms with Gasteiger partial charge in [-0.15, -0.1) is 0 Å². The normalized spacial score (nSPS) is 16.7. The molecule has 1 N–H and O–H groups in total. The zero-order chi connectivity index (χ0) is 25.9. The molecule has 1 atom stereocenters. The van der Waals surface area contributed by atoms with E-state index in [1.54, 1.807) is 13.8 Å². The minimum atomic E-state index is -1.05. The number of carbonyl (C=O) groups excluding carboxylic acids is 3. The average Bonchev–Trinajstić information content (AvgIpc) is 3.31. The van der Waals surface area contributed by atoms with Gasteiger partial charge >= 0.3 is 17.9 Å². The molecule has 3 rings (SSSR count). The van der Waals surface area contributed by atoms with Crippen molar-refractivity contribution in [2.45, 2.75) is 19.8 Å². The fraction of sp³-hybridized carbons (Fsp3) is 0.458. The van der Waals surface area contributed by atoms with Crippen molar-refractivity contribution in [2.24, 2.45) is 0 Å². The molecule has 0 aromatic heterocycles. The van der Waals surface area contributed by atoms with Gasteiger partial charge in [0.15, 0.2) is 11.5 Å². The second-order valence-electron chi connectivity index (χ2n) is 8.17. The third-order valence-electron chi connectivity index (χ3n) is 5.72. The van der Waals surface area contributed by atoms with Crippen LogP contribution < -0.4 is 19.5 Å². The van der Waals surface area contributed by atoms with E-state index in [0.717, 1.165) is 0 Å². The van der Waals surface area contributed by atoms with E-state index in [9.17, 15) is 14.4 Å². The van der Waals surface area contributed by atoms with E-state index in [1.807, 2.05) is 19.0 Å². The maximum absolute atomic E-state index is 13.4. The van der Waals surface area contributed by atoms with Gasteiger partial charge in [-0.3, -0.25) is 0 Å². The van der Waals surface area contributed by atoms with Crippen molar-refractivity contribution in [1.82, 2.24) is 10.2 Å². The zero-order valence-electron chi connectivity index (χ0n) is 20.9. The summed E-state index contributed by atoms with van der Waals surface area (Å²) in [6, 6.07) is 1.53. The van der Waals surface area contributed by atoms with Gasteiger partial charge in [0.1, 0.15) is 12.2 Å². The molecule has 0 amide bonds. The fourth-order valence-corrected chi connectivity index (χ4v) is 4.10. The highest BCUT2D eigenvalue weighted by Gasteiger charge is 2.42. The Labute approximate surface area is 203 Å². The fourth-order valence-electron chi connectivity index (χ4n) is 4.10. The van der Waals surface area contributed by atoms with Crippen molar-refractivity contribution >= 4 is 17.9 Å². The van der Waals surface area contributed by atoms with Crippen LogP contribution >= 0.6 is 0 Å². The Bertz CT molecular complexity index is 1100. The molecule has 0 aliphatic carbocycles. The van der Waals surface area contributed by atoms with E-state index in [2.05, 4.69) is 5.32 Å². The number of nitrogens with zero attached hydrogens (tertiary/aromatic N) is 1. The zero-order valence-corrected chi connectivity index (χ0v) is 20.9. The van der Waals surface area contributed by atoms with E-state index in [4.69, 9.17) is 28.4 Å². The van der Waals surface area contributed by atoms with Crippen LogP contribution in [0.5, 0.6) is 17.2 Å². The second-order valence-corrected chi connectivity index (χ2v) is 8.17. The number of allylic oxidation sites excluding steroid dienone is 2. The molecule has 11 heteroatoms. The Morgan fingerprint density at radius 1 is 0.971 bits per heavy atom. The molecule has 1 unspecified atom stereocenters. The standard InChI is InChI=1S/C24H30N2O9/c1-12-16(22(27)31-6)18(17(13(2)25-12)24(29)33-9-8-26(3)4)14-10-15(30-5)20-21(35-11-34-20)19(14)23(28)32-7/h10,18,25H,8-9,11H2,1-7H3. The number of carbonyl (C=O) groups is 3. The molecule has 0 bridgehead atoms. The quantitative estimate of drug-likeness (QED) is 0.423. The van der Waals surface area contributed by atoms with Crippen LogP contribution in [0.15, 0.2) is 28.6 Å². The van der Waals surface area contributed by atoms with Crippen LogP contribution in [0.25, 0.3) is 0 Å². The lowest BCUT2D eigenvalue weighted by molar-refractivity contribution is -0.139. The summed E-state index contributed by atoms with van der Waals surface area (Å²) < 4.78 is 32.2. The third kappa shape index (κ3) is 4.90. The lowest BCUT2D eigenvalue weighted by Gasteiger charge is -2.31. The van der Waals surface area contributed by atoms with Crippen molar-refractivity contribution in [1.29, 1.82) is 0 Å². The number of esters is 3. The summed E-state index contributed by atoms with van der Waals surface area (Å²) in [5, 5.41) is 3.06. The smallest absolute Gasteiger partial charge is 0.342 e. The number of methoxy groups -OCH3 is 3. The monoisotopic (exact) mass is 490 g/mol. The predicted molar refractivity (Wildman–Crippen MR) is 123 cm³/mol. The van der Waals surface area contributed by atoms with Crippen molar-refractivity contribution in [3.63, 3.8) is 0 Å². The Kier molecular flexibility index (Phi) is 7.90. The molecule has 0 spiro atoms. The summed E-state index contributed by atoms with van der Waals surface area (Å²) in [4.78, 5) is 41.2. The minimum Gasteiger partial charge on any atom is -0.493 e. The van der Waals surface area contributed by atoms with E-state index in [0.29, 0.717) is 17.9 Å². The van der Waals surface area contributed by atoms with E-state index < -0.39 is 23.8 Å². The first kappa shape index (κ1) is 25.9. The van der Waals surface area contributed by atoms with Gasteiger partial charge in [0.05, 0.1) is 38.4 Å². The molecule has 0 saturated heterocycles. The minimum absolute atomic E-state index is 0.00768. The van der Waals surface area contributed by atoms with E-state index in [-0.39, 0.29) is 52.9 Å². The van der Waals surface area contributed by atoms with Crippen molar-refractivity contribution < 1.29 is 42.8 Å². The Morgan fingerprint density at radius 2 is 1.57 bits per heavy atom. The lowest BCUT2D eigenvalue weighted by atomic mass is 9.78. The first-order valence-corrected chi connectivity index (χ1v) is 10.8. The second kappa shape index (κ2) is 10.7. The summed E-state index contributed by atoms with van der Waals surface area (Å²) in [5.74, 6) is -2.53. The number of hydrogen-bond acceptors (Lipinski definition) is 11. The highest BCUT2D eigenvalue weighted by Crippen LogP contribution is 2.50. The molecule has 0 radical (unpaired) electrons. The van der Waals surface area contributed by atoms with Crippen LogP contribution in [0.2, 0.25) is 0 Å². The number of rotatable bonds is 8. The van der Waals surface area contributed by atoms with Crippen LogP contribution in [-0.2, 0) is 23.8 Å². The maximum Gasteiger partial charge on any atom is 0.342 e. The number of benzene rings is 1. The van der Waals surface area contributed by atoms with Crippen LogP contribution in [0.1, 0.15) is 35.7 Å². The van der Waals surface area contributed by atoms with E-state index in [1.165, 1.54) is 27.4 Å². The molecule has 2 heterocycles. The Morgan fingerprint density at radius 3 is 2.14 bits per heavy atom. The Hall–Kier alpha value is -3.73. The summed E-state index contributed by atoms with van der Waals surface area (Å²) >= 11 is 0. The molecular formula is C24H30N2O9. The maximum atomic E-state index is 13.4. The van der Waals surface area contributed by atoms with Gasteiger partial charge in [0, 0.05) is 17.9 Å². The molecule has 11 nitrogen and oxygen atoms in total. The van der Waals surface area contributed by atoms with Gasteiger partial charge in [-0.1, -0.05) is 0 Å². The molecule has 2 aliphatic rings. The highest BCUT2D eigenvalue weighted by atomic mass is 16.7. The van der Waals surface area contributed by atoms with Gasteiger partial charge in [0.2, 0.25) is 12.5 Å². The molecule has 190 valence electrons. The molecule has 1 aromatic carbocycles. The summed E-state index contributed by atoms with van der Waals surface area (Å²) in [7, 11) is 7.60. The highest BCUT2D eigenvalue weighted by molar-refractivity contribution is 6.03. The molecule has 0 saturated carbocycles. The number of dihydropyridines is 1. The van der Waals surface area contributed by atoms with Crippen LogP contribution in [0.4, 0.5) is 0 Å². The topological polar surface area (TPSA) is 122 Å². The lowest BCUT2D eigenvalue weighted by Crippen LogP contribution is -2.33.